The minimum absolute atomic E-state index is 0. The molecule has 0 aromatic rings. The molecule has 25 heavy (non-hydrogen) atoms. The van der Waals surface area contributed by atoms with Gasteiger partial charge in [-0.05, 0) is 31.6 Å². The van der Waals surface area contributed by atoms with E-state index in [1.807, 2.05) is 6.92 Å². The fourth-order valence-electron chi connectivity index (χ4n) is 3.83. The van der Waals surface area contributed by atoms with Crippen LogP contribution in [0.25, 0.3) is 0 Å². The molecule has 0 amide bonds. The molecular formula is C20H37O4V-. The second-order valence-electron chi connectivity index (χ2n) is 7.40. The van der Waals surface area contributed by atoms with Crippen molar-refractivity contribution in [1.82, 2.24) is 0 Å². The second kappa shape index (κ2) is 14.5. The maximum Gasteiger partial charge on any atom is 0.109 e. The molecule has 3 fully saturated rings. The van der Waals surface area contributed by atoms with E-state index in [-0.39, 0.29) is 30.8 Å². The van der Waals surface area contributed by atoms with Crippen LogP contribution in [-0.4, -0.2) is 50.3 Å². The van der Waals surface area contributed by atoms with Crippen LogP contribution < -0.4 is 0 Å². The Morgan fingerprint density at radius 1 is 0.920 bits per heavy atom. The summed E-state index contributed by atoms with van der Waals surface area (Å²) in [7, 11) is 0. The van der Waals surface area contributed by atoms with E-state index in [2.05, 4.69) is 6.42 Å². The molecule has 0 spiro atoms. The summed E-state index contributed by atoms with van der Waals surface area (Å²) < 4.78 is 17.0. The summed E-state index contributed by atoms with van der Waals surface area (Å²) >= 11 is 0. The van der Waals surface area contributed by atoms with Crippen LogP contribution in [0.15, 0.2) is 0 Å². The first-order valence-corrected chi connectivity index (χ1v) is 10.1. The fraction of sp³-hybridized carbons (Fsp3) is 0.950. The zero-order valence-corrected chi connectivity index (χ0v) is 17.3. The van der Waals surface area contributed by atoms with Gasteiger partial charge < -0.3 is 25.7 Å². The van der Waals surface area contributed by atoms with Gasteiger partial charge in [0.1, 0.15) is 12.2 Å². The third-order valence-corrected chi connectivity index (χ3v) is 5.45. The Balaban J connectivity index is 0.000000295. The summed E-state index contributed by atoms with van der Waals surface area (Å²) in [6.07, 6.45) is 14.3. The zero-order chi connectivity index (χ0) is 17.0. The summed E-state index contributed by atoms with van der Waals surface area (Å²) in [6.45, 7) is 5.47. The molecule has 3 rings (SSSR count). The summed E-state index contributed by atoms with van der Waals surface area (Å²) in [4.78, 5) is 0. The minimum Gasteiger partial charge on any atom is -0.396 e. The minimum atomic E-state index is 0. The van der Waals surface area contributed by atoms with Crippen LogP contribution in [0.4, 0.5) is 0 Å². The maximum atomic E-state index is 8.68. The number of rotatable bonds is 6. The van der Waals surface area contributed by atoms with Gasteiger partial charge in [-0.3, -0.25) is 0 Å². The average molecular weight is 392 g/mol. The van der Waals surface area contributed by atoms with Gasteiger partial charge in [0.25, 0.3) is 0 Å². The maximum absolute atomic E-state index is 8.68. The number of aliphatic hydroxyl groups is 1. The Hall–Kier alpha value is 0.424. The monoisotopic (exact) mass is 392 g/mol. The molecule has 2 saturated carbocycles. The Kier molecular flexibility index (Phi) is 13.6. The molecule has 3 aliphatic rings. The molecule has 1 saturated heterocycles. The summed E-state index contributed by atoms with van der Waals surface area (Å²) in [5.74, 6) is 1.39. The van der Waals surface area contributed by atoms with Crippen LogP contribution in [0, 0.1) is 18.3 Å². The third kappa shape index (κ3) is 9.26. The van der Waals surface area contributed by atoms with Crippen molar-refractivity contribution < 1.29 is 37.9 Å². The molecule has 1 N–H and O–H groups in total. The van der Waals surface area contributed by atoms with Crippen molar-refractivity contribution in [3.63, 3.8) is 0 Å². The van der Waals surface area contributed by atoms with Gasteiger partial charge >= 0.3 is 0 Å². The number of hydrogen-bond donors (Lipinski definition) is 1. The molecule has 5 heteroatoms. The summed E-state index contributed by atoms with van der Waals surface area (Å²) in [5.41, 5.74) is 0. The Morgan fingerprint density at radius 3 is 2.12 bits per heavy atom. The van der Waals surface area contributed by atoms with Crippen molar-refractivity contribution in [2.45, 2.75) is 76.9 Å². The van der Waals surface area contributed by atoms with Gasteiger partial charge in [0.2, 0.25) is 0 Å². The van der Waals surface area contributed by atoms with E-state index in [1.54, 1.807) is 0 Å². The molecule has 147 valence electrons. The van der Waals surface area contributed by atoms with Crippen molar-refractivity contribution in [2.75, 3.05) is 33.0 Å². The molecule has 1 heterocycles. The van der Waals surface area contributed by atoms with E-state index in [9.17, 15) is 0 Å². The molecule has 2 atom stereocenters. The molecule has 2 aliphatic carbocycles. The average Bonchev–Trinajstić information content (AvgIpc) is 3.10. The number of hydrogen-bond acceptors (Lipinski definition) is 4. The SMILES string of the molecule is CCO[C@H]1COCC1OCC1CCCCC1.OCC1CC[CH-]CC1.[V]. The van der Waals surface area contributed by atoms with E-state index in [4.69, 9.17) is 19.3 Å². The Bertz CT molecular complexity index is 304. The largest absolute Gasteiger partial charge is 0.396 e. The van der Waals surface area contributed by atoms with Gasteiger partial charge in [-0.2, -0.15) is 12.8 Å². The van der Waals surface area contributed by atoms with Gasteiger partial charge in [0, 0.05) is 31.8 Å². The fourth-order valence-corrected chi connectivity index (χ4v) is 3.83. The van der Waals surface area contributed by atoms with Gasteiger partial charge in [-0.1, -0.05) is 32.1 Å². The first-order chi connectivity index (χ1) is 11.8. The van der Waals surface area contributed by atoms with E-state index in [0.717, 1.165) is 19.1 Å². The Morgan fingerprint density at radius 2 is 1.56 bits per heavy atom. The van der Waals surface area contributed by atoms with Crippen molar-refractivity contribution in [3.8, 4) is 0 Å². The zero-order valence-electron chi connectivity index (χ0n) is 15.9. The number of aliphatic hydroxyl groups excluding tert-OH is 1. The van der Waals surface area contributed by atoms with Crippen molar-refractivity contribution in [2.24, 2.45) is 11.8 Å². The predicted octanol–water partition coefficient (Wildman–Crippen LogP) is 3.76. The van der Waals surface area contributed by atoms with E-state index in [1.165, 1.54) is 57.8 Å². The van der Waals surface area contributed by atoms with Gasteiger partial charge in [-0.15, -0.1) is 0 Å². The molecule has 1 unspecified atom stereocenters. The molecule has 0 aromatic carbocycles. The second-order valence-corrected chi connectivity index (χ2v) is 7.40. The van der Waals surface area contributed by atoms with Crippen molar-refractivity contribution >= 4 is 0 Å². The first kappa shape index (κ1) is 23.5. The summed E-state index contributed by atoms with van der Waals surface area (Å²) in [5, 5.41) is 8.68. The molecule has 1 aliphatic heterocycles. The first-order valence-electron chi connectivity index (χ1n) is 10.1. The molecule has 0 aromatic heterocycles. The quantitative estimate of drug-likeness (QED) is 0.700. The van der Waals surface area contributed by atoms with Crippen molar-refractivity contribution in [3.05, 3.63) is 6.42 Å². The van der Waals surface area contributed by atoms with Crippen LogP contribution in [0.5, 0.6) is 0 Å². The Labute approximate surface area is 166 Å². The van der Waals surface area contributed by atoms with Gasteiger partial charge in [-0.25, -0.2) is 0 Å². The number of ether oxygens (including phenoxy) is 3. The molecule has 4 nitrogen and oxygen atoms in total. The van der Waals surface area contributed by atoms with Gasteiger partial charge in [0.05, 0.1) is 19.8 Å². The van der Waals surface area contributed by atoms with E-state index in [0.29, 0.717) is 25.7 Å². The molecule has 0 bridgehead atoms. The van der Waals surface area contributed by atoms with Crippen LogP contribution in [0.3, 0.4) is 0 Å². The van der Waals surface area contributed by atoms with Gasteiger partial charge in [0.15, 0.2) is 0 Å². The van der Waals surface area contributed by atoms with Crippen LogP contribution >= 0.6 is 0 Å². The van der Waals surface area contributed by atoms with Crippen molar-refractivity contribution in [1.29, 1.82) is 0 Å². The third-order valence-electron chi connectivity index (χ3n) is 5.45. The van der Waals surface area contributed by atoms with Crippen LogP contribution in [-0.2, 0) is 32.8 Å². The molecular weight excluding hydrogens is 355 g/mol. The van der Waals surface area contributed by atoms with Crippen LogP contribution in [0.1, 0.15) is 64.7 Å². The smallest absolute Gasteiger partial charge is 0.109 e. The predicted molar refractivity (Wildman–Crippen MR) is 95.9 cm³/mol. The standard InChI is InChI=1S/C13H24O3.C7H13O.V/c1-2-15-12-9-14-10-13(12)16-8-11-6-4-3-5-7-11;8-6-7-4-2-1-3-5-7;/h11-13H,2-10H2,1H3;1,7-8H,2-6H2;/q;-1;/t12-,13?;;/m0../s1. The molecule has 1 radical (unpaired) electrons. The topological polar surface area (TPSA) is 47.9 Å². The van der Waals surface area contributed by atoms with E-state index < -0.39 is 0 Å². The van der Waals surface area contributed by atoms with E-state index >= 15 is 0 Å². The summed E-state index contributed by atoms with van der Waals surface area (Å²) in [6, 6.07) is 0. The van der Waals surface area contributed by atoms with Crippen LogP contribution in [0.2, 0.25) is 0 Å². The normalized spacial score (nSPS) is 28.1.